The van der Waals surface area contributed by atoms with Crippen LogP contribution in [0.3, 0.4) is 0 Å². The average molecular weight is 441 g/mol. The molecule has 1 aromatic heterocycles. The molecule has 2 unspecified atom stereocenters. The molecule has 0 radical (unpaired) electrons. The zero-order chi connectivity index (χ0) is 16.2. The third-order valence-corrected chi connectivity index (χ3v) is 4.07. The molecule has 1 aromatic carbocycles. The minimum atomic E-state index is 0. The van der Waals surface area contributed by atoms with Gasteiger partial charge in [-0.1, -0.05) is 6.92 Å². The van der Waals surface area contributed by atoms with Crippen LogP contribution in [0, 0.1) is 5.92 Å². The monoisotopic (exact) mass is 441 g/mol. The maximum atomic E-state index is 5.17. The summed E-state index contributed by atoms with van der Waals surface area (Å²) in [6.07, 6.45) is 3.17. The number of aliphatic imine (C=N–C) groups is 1. The number of benzene rings is 1. The Morgan fingerprint density at radius 2 is 2.04 bits per heavy atom. The van der Waals surface area contributed by atoms with E-state index in [1.54, 1.807) is 14.2 Å². The van der Waals surface area contributed by atoms with Crippen molar-refractivity contribution in [3.05, 3.63) is 42.2 Å². The first-order valence-corrected chi connectivity index (χ1v) is 7.85. The molecular formula is C17H24IN5O. The highest BCUT2D eigenvalue weighted by Gasteiger charge is 2.33. The number of hydrogen-bond donors (Lipinski definition) is 2. The van der Waals surface area contributed by atoms with E-state index in [0.29, 0.717) is 12.6 Å². The van der Waals surface area contributed by atoms with Gasteiger partial charge in [-0.25, -0.2) is 4.68 Å². The molecule has 1 heterocycles. The van der Waals surface area contributed by atoms with E-state index in [4.69, 9.17) is 4.74 Å². The van der Waals surface area contributed by atoms with Gasteiger partial charge in [0.1, 0.15) is 5.75 Å². The summed E-state index contributed by atoms with van der Waals surface area (Å²) in [5.74, 6) is 2.41. The van der Waals surface area contributed by atoms with Crippen molar-refractivity contribution in [2.75, 3.05) is 14.2 Å². The van der Waals surface area contributed by atoms with Crippen LogP contribution in [0.1, 0.15) is 19.0 Å². The van der Waals surface area contributed by atoms with Gasteiger partial charge in [0.2, 0.25) is 0 Å². The molecule has 130 valence electrons. The summed E-state index contributed by atoms with van der Waals surface area (Å²) in [6, 6.07) is 10.4. The van der Waals surface area contributed by atoms with Crippen molar-refractivity contribution >= 4 is 29.9 Å². The van der Waals surface area contributed by atoms with Gasteiger partial charge in [0.15, 0.2) is 5.96 Å². The quantitative estimate of drug-likeness (QED) is 0.426. The number of nitrogens with zero attached hydrogens (tertiary/aromatic N) is 3. The van der Waals surface area contributed by atoms with E-state index in [0.717, 1.165) is 29.0 Å². The SMILES string of the molecule is CN=C(NCc1ccn(-c2ccc(OC)cc2)n1)NC1CC1C.I. The van der Waals surface area contributed by atoms with Crippen molar-refractivity contribution in [3.8, 4) is 11.4 Å². The standard InChI is InChI=1S/C17H23N5O.HI/c1-12-10-16(12)20-17(18-2)19-11-13-8-9-22(21-13)14-4-6-15(23-3)7-5-14;/h4-9,12,16H,10-11H2,1-3H3,(H2,18,19,20);1H. The van der Waals surface area contributed by atoms with Crippen LogP contribution in [0.2, 0.25) is 0 Å². The highest BCUT2D eigenvalue weighted by molar-refractivity contribution is 14.0. The van der Waals surface area contributed by atoms with Crippen LogP contribution in [0.15, 0.2) is 41.5 Å². The predicted molar refractivity (Wildman–Crippen MR) is 106 cm³/mol. The lowest BCUT2D eigenvalue weighted by molar-refractivity contribution is 0.414. The predicted octanol–water partition coefficient (Wildman–Crippen LogP) is 2.57. The molecule has 0 saturated heterocycles. The number of ether oxygens (including phenoxy) is 1. The summed E-state index contributed by atoms with van der Waals surface area (Å²) in [6.45, 7) is 2.88. The molecule has 7 heteroatoms. The minimum Gasteiger partial charge on any atom is -0.497 e. The van der Waals surface area contributed by atoms with Crippen molar-refractivity contribution in [1.82, 2.24) is 20.4 Å². The van der Waals surface area contributed by atoms with E-state index in [9.17, 15) is 0 Å². The lowest BCUT2D eigenvalue weighted by Gasteiger charge is -2.10. The van der Waals surface area contributed by atoms with Crippen LogP contribution < -0.4 is 15.4 Å². The molecule has 6 nitrogen and oxygen atoms in total. The van der Waals surface area contributed by atoms with Gasteiger partial charge in [-0.15, -0.1) is 24.0 Å². The Kier molecular flexibility index (Phi) is 6.47. The molecule has 2 aromatic rings. The fourth-order valence-corrected chi connectivity index (χ4v) is 2.40. The Labute approximate surface area is 159 Å². The Bertz CT molecular complexity index is 683. The topological polar surface area (TPSA) is 63.5 Å². The minimum absolute atomic E-state index is 0. The van der Waals surface area contributed by atoms with Crippen molar-refractivity contribution in [3.63, 3.8) is 0 Å². The molecule has 0 bridgehead atoms. The maximum absolute atomic E-state index is 5.17. The molecule has 2 atom stereocenters. The van der Waals surface area contributed by atoms with Crippen LogP contribution in [0.5, 0.6) is 5.75 Å². The summed E-state index contributed by atoms with van der Waals surface area (Å²) in [5.41, 5.74) is 1.97. The molecule has 0 amide bonds. The molecule has 3 rings (SSSR count). The first-order valence-electron chi connectivity index (χ1n) is 7.85. The summed E-state index contributed by atoms with van der Waals surface area (Å²) in [5, 5.41) is 11.3. The molecule has 0 spiro atoms. The van der Waals surface area contributed by atoms with Crippen molar-refractivity contribution in [1.29, 1.82) is 0 Å². The summed E-state index contributed by atoms with van der Waals surface area (Å²) < 4.78 is 7.03. The fourth-order valence-electron chi connectivity index (χ4n) is 2.40. The molecule has 0 aliphatic heterocycles. The van der Waals surface area contributed by atoms with Crippen LogP contribution in [-0.2, 0) is 6.54 Å². The second-order valence-corrected chi connectivity index (χ2v) is 5.84. The van der Waals surface area contributed by atoms with Gasteiger partial charge < -0.3 is 15.4 Å². The number of hydrogen-bond acceptors (Lipinski definition) is 3. The fraction of sp³-hybridized carbons (Fsp3) is 0.412. The van der Waals surface area contributed by atoms with Gasteiger partial charge in [-0.2, -0.15) is 5.10 Å². The molecule has 24 heavy (non-hydrogen) atoms. The van der Waals surface area contributed by atoms with E-state index in [1.165, 1.54) is 6.42 Å². The van der Waals surface area contributed by atoms with E-state index >= 15 is 0 Å². The van der Waals surface area contributed by atoms with Crippen molar-refractivity contribution in [2.24, 2.45) is 10.9 Å². The van der Waals surface area contributed by atoms with E-state index in [-0.39, 0.29) is 24.0 Å². The Morgan fingerprint density at radius 1 is 1.33 bits per heavy atom. The van der Waals surface area contributed by atoms with Crippen molar-refractivity contribution < 1.29 is 4.74 Å². The number of rotatable bonds is 5. The molecule has 1 aliphatic rings. The number of guanidine groups is 1. The third kappa shape index (κ3) is 4.62. The molecular weight excluding hydrogens is 417 g/mol. The van der Waals surface area contributed by atoms with E-state index in [1.807, 2.05) is 41.2 Å². The van der Waals surface area contributed by atoms with Gasteiger partial charge >= 0.3 is 0 Å². The van der Waals surface area contributed by atoms with Crippen molar-refractivity contribution in [2.45, 2.75) is 25.9 Å². The smallest absolute Gasteiger partial charge is 0.191 e. The summed E-state index contributed by atoms with van der Waals surface area (Å²) in [4.78, 5) is 4.25. The van der Waals surface area contributed by atoms with Crippen LogP contribution >= 0.6 is 24.0 Å². The van der Waals surface area contributed by atoms with Gasteiger partial charge in [0.05, 0.1) is 25.0 Å². The normalized spacial score (nSPS) is 19.4. The maximum Gasteiger partial charge on any atom is 0.191 e. The first-order chi connectivity index (χ1) is 11.2. The molecule has 1 fully saturated rings. The number of nitrogens with one attached hydrogen (secondary N) is 2. The summed E-state index contributed by atoms with van der Waals surface area (Å²) in [7, 11) is 3.45. The van der Waals surface area contributed by atoms with Gasteiger partial charge in [-0.3, -0.25) is 4.99 Å². The molecule has 2 N–H and O–H groups in total. The molecule has 1 saturated carbocycles. The first kappa shape index (κ1) is 18.6. The molecule has 1 aliphatic carbocycles. The van der Waals surface area contributed by atoms with E-state index < -0.39 is 0 Å². The third-order valence-electron chi connectivity index (χ3n) is 4.07. The Hall–Kier alpha value is -1.77. The highest BCUT2D eigenvalue weighted by Crippen LogP contribution is 2.28. The van der Waals surface area contributed by atoms with Gasteiger partial charge in [0.25, 0.3) is 0 Å². The summed E-state index contributed by atoms with van der Waals surface area (Å²) >= 11 is 0. The highest BCUT2D eigenvalue weighted by atomic mass is 127. The van der Waals surface area contributed by atoms with Gasteiger partial charge in [0, 0.05) is 19.3 Å². The Morgan fingerprint density at radius 3 is 2.62 bits per heavy atom. The number of aromatic nitrogens is 2. The lowest BCUT2D eigenvalue weighted by atomic mass is 10.3. The van der Waals surface area contributed by atoms with E-state index in [2.05, 4.69) is 27.6 Å². The van der Waals surface area contributed by atoms with Gasteiger partial charge in [-0.05, 0) is 42.7 Å². The second-order valence-electron chi connectivity index (χ2n) is 5.84. The largest absolute Gasteiger partial charge is 0.497 e. The zero-order valence-electron chi connectivity index (χ0n) is 14.2. The second kappa shape index (κ2) is 8.36. The zero-order valence-corrected chi connectivity index (χ0v) is 16.5. The Balaban J connectivity index is 0.00000208. The lowest BCUT2D eigenvalue weighted by Crippen LogP contribution is -2.38. The number of methoxy groups -OCH3 is 1. The van der Waals surface area contributed by atoms with Crippen LogP contribution in [-0.4, -0.2) is 35.9 Å². The average Bonchev–Trinajstić information content (AvgIpc) is 3.08. The van der Waals surface area contributed by atoms with Crippen LogP contribution in [0.4, 0.5) is 0 Å². The number of halogens is 1. The van der Waals surface area contributed by atoms with Crippen LogP contribution in [0.25, 0.3) is 5.69 Å².